The molecule has 2 aromatic heterocycles. The highest BCUT2D eigenvalue weighted by atomic mass is 32.1. The maximum atomic E-state index is 12.0. The molecule has 0 saturated carbocycles. The Labute approximate surface area is 149 Å². The number of fused-ring (bicyclic) bond motifs is 2. The largest absolute Gasteiger partial charge is 0.347 e. The molecule has 6 heteroatoms. The Kier molecular flexibility index (Phi) is 4.35. The summed E-state index contributed by atoms with van der Waals surface area (Å²) in [4.78, 5) is 16.4. The van der Waals surface area contributed by atoms with Gasteiger partial charge in [-0.3, -0.25) is 5.32 Å². The van der Waals surface area contributed by atoms with E-state index in [2.05, 4.69) is 44.6 Å². The van der Waals surface area contributed by atoms with Crippen LogP contribution in [0.2, 0.25) is 0 Å². The van der Waals surface area contributed by atoms with Crippen molar-refractivity contribution < 1.29 is 4.79 Å². The third kappa shape index (κ3) is 3.49. The van der Waals surface area contributed by atoms with E-state index in [0.717, 1.165) is 23.2 Å². The maximum Gasteiger partial charge on any atom is 0.321 e. The molecule has 0 spiro atoms. The number of rotatable bonds is 5. The molecule has 25 heavy (non-hydrogen) atoms. The number of hydrogen-bond donors (Lipinski definition) is 2. The van der Waals surface area contributed by atoms with Crippen molar-refractivity contribution in [1.29, 1.82) is 0 Å². The highest BCUT2D eigenvalue weighted by molar-refractivity contribution is 7.22. The molecule has 0 atom stereocenters. The standard InChI is InChI=1S/C19H18N4OS/c24-18(22-19-21-15-7-2-4-9-17(15)25-19)20-11-5-12-23-13-10-14-6-1-3-8-16(14)23/h1-4,6-10,13H,5,11-12H2,(H2,20,21,22,24). The van der Waals surface area contributed by atoms with Gasteiger partial charge < -0.3 is 9.88 Å². The van der Waals surface area contributed by atoms with Gasteiger partial charge in [0.05, 0.1) is 10.2 Å². The minimum absolute atomic E-state index is 0.212. The number of urea groups is 1. The summed E-state index contributed by atoms with van der Waals surface area (Å²) < 4.78 is 3.28. The molecular weight excluding hydrogens is 332 g/mol. The number of anilines is 1. The number of aryl methyl sites for hydroxylation is 1. The van der Waals surface area contributed by atoms with E-state index in [1.807, 2.05) is 36.4 Å². The summed E-state index contributed by atoms with van der Waals surface area (Å²) in [6.07, 6.45) is 2.96. The Balaban J connectivity index is 1.27. The monoisotopic (exact) mass is 350 g/mol. The van der Waals surface area contributed by atoms with Gasteiger partial charge in [-0.2, -0.15) is 0 Å². The first kappa shape index (κ1) is 15.7. The lowest BCUT2D eigenvalue weighted by atomic mass is 10.2. The van der Waals surface area contributed by atoms with Crippen LogP contribution in [-0.2, 0) is 6.54 Å². The number of benzene rings is 2. The van der Waals surface area contributed by atoms with Crippen LogP contribution in [0.5, 0.6) is 0 Å². The van der Waals surface area contributed by atoms with Gasteiger partial charge in [-0.05, 0) is 36.1 Å². The molecular formula is C19H18N4OS. The number of para-hydroxylation sites is 2. The Bertz CT molecular complexity index is 987. The molecule has 126 valence electrons. The molecule has 2 N–H and O–H groups in total. The first-order chi connectivity index (χ1) is 12.3. The van der Waals surface area contributed by atoms with Gasteiger partial charge in [-0.25, -0.2) is 9.78 Å². The lowest BCUT2D eigenvalue weighted by molar-refractivity contribution is 0.252. The van der Waals surface area contributed by atoms with E-state index in [4.69, 9.17) is 0 Å². The SMILES string of the molecule is O=C(NCCCn1ccc2ccccc21)Nc1nc2ccccc2s1. The van der Waals surface area contributed by atoms with Gasteiger partial charge >= 0.3 is 6.03 Å². The zero-order chi connectivity index (χ0) is 17.1. The third-order valence-electron chi connectivity index (χ3n) is 4.06. The Morgan fingerprint density at radius 2 is 1.92 bits per heavy atom. The second-order valence-electron chi connectivity index (χ2n) is 5.79. The lowest BCUT2D eigenvalue weighted by Gasteiger charge is -2.07. The molecule has 2 amide bonds. The van der Waals surface area contributed by atoms with Crippen LogP contribution in [0.4, 0.5) is 9.93 Å². The van der Waals surface area contributed by atoms with Crippen LogP contribution in [0, 0.1) is 0 Å². The van der Waals surface area contributed by atoms with Gasteiger partial charge in [0.2, 0.25) is 0 Å². The zero-order valence-corrected chi connectivity index (χ0v) is 14.4. The van der Waals surface area contributed by atoms with Crippen LogP contribution < -0.4 is 10.6 Å². The van der Waals surface area contributed by atoms with Crippen LogP contribution in [0.15, 0.2) is 60.8 Å². The third-order valence-corrected chi connectivity index (χ3v) is 5.01. The Morgan fingerprint density at radius 1 is 1.08 bits per heavy atom. The van der Waals surface area contributed by atoms with E-state index in [-0.39, 0.29) is 6.03 Å². The summed E-state index contributed by atoms with van der Waals surface area (Å²) in [5, 5.41) is 7.55. The number of amides is 2. The summed E-state index contributed by atoms with van der Waals surface area (Å²) >= 11 is 1.48. The first-order valence-corrected chi connectivity index (χ1v) is 9.05. The number of nitrogens with one attached hydrogen (secondary N) is 2. The molecule has 0 aliphatic rings. The summed E-state index contributed by atoms with van der Waals surface area (Å²) in [7, 11) is 0. The average molecular weight is 350 g/mol. The number of nitrogens with zero attached hydrogens (tertiary/aromatic N) is 2. The van der Waals surface area contributed by atoms with Crippen molar-refractivity contribution in [3.8, 4) is 0 Å². The molecule has 0 bridgehead atoms. The fourth-order valence-corrected chi connectivity index (χ4v) is 3.71. The van der Waals surface area contributed by atoms with Crippen molar-refractivity contribution in [3.63, 3.8) is 0 Å². The van der Waals surface area contributed by atoms with Gasteiger partial charge in [0, 0.05) is 24.8 Å². The molecule has 0 unspecified atom stereocenters. The van der Waals surface area contributed by atoms with Crippen LogP contribution >= 0.6 is 11.3 Å². The minimum atomic E-state index is -0.212. The Morgan fingerprint density at radius 3 is 2.84 bits per heavy atom. The highest BCUT2D eigenvalue weighted by Crippen LogP contribution is 2.25. The Hall–Kier alpha value is -2.86. The van der Waals surface area contributed by atoms with E-state index in [1.54, 1.807) is 0 Å². The minimum Gasteiger partial charge on any atom is -0.347 e. The second-order valence-corrected chi connectivity index (χ2v) is 6.82. The van der Waals surface area contributed by atoms with Crippen molar-refractivity contribution in [1.82, 2.24) is 14.9 Å². The molecule has 4 aromatic rings. The van der Waals surface area contributed by atoms with Crippen LogP contribution in [0.3, 0.4) is 0 Å². The van der Waals surface area contributed by atoms with Gasteiger partial charge in [0.25, 0.3) is 0 Å². The normalized spacial score (nSPS) is 11.0. The number of aromatic nitrogens is 2. The number of hydrogen-bond acceptors (Lipinski definition) is 3. The van der Waals surface area contributed by atoms with Crippen LogP contribution in [0.1, 0.15) is 6.42 Å². The second kappa shape index (κ2) is 6.94. The van der Waals surface area contributed by atoms with Crippen molar-refractivity contribution in [2.45, 2.75) is 13.0 Å². The molecule has 0 radical (unpaired) electrons. The molecule has 4 rings (SSSR count). The topological polar surface area (TPSA) is 59.0 Å². The van der Waals surface area contributed by atoms with E-state index < -0.39 is 0 Å². The van der Waals surface area contributed by atoms with E-state index in [9.17, 15) is 4.79 Å². The van der Waals surface area contributed by atoms with Gasteiger partial charge in [-0.1, -0.05) is 41.7 Å². The predicted octanol–water partition coefficient (Wildman–Crippen LogP) is 4.46. The molecule has 0 saturated heterocycles. The van der Waals surface area contributed by atoms with E-state index in [0.29, 0.717) is 11.7 Å². The molecule has 5 nitrogen and oxygen atoms in total. The summed E-state index contributed by atoms with van der Waals surface area (Å²) in [6, 6.07) is 18.1. The van der Waals surface area contributed by atoms with Gasteiger partial charge in [0.1, 0.15) is 0 Å². The van der Waals surface area contributed by atoms with Gasteiger partial charge in [-0.15, -0.1) is 0 Å². The van der Waals surface area contributed by atoms with Crippen molar-refractivity contribution in [2.24, 2.45) is 0 Å². The number of carbonyl (C=O) groups is 1. The van der Waals surface area contributed by atoms with Crippen molar-refractivity contribution in [3.05, 3.63) is 60.8 Å². The van der Waals surface area contributed by atoms with Crippen molar-refractivity contribution >= 4 is 43.6 Å². The average Bonchev–Trinajstić information content (AvgIpc) is 3.22. The quantitative estimate of drug-likeness (QED) is 0.522. The highest BCUT2D eigenvalue weighted by Gasteiger charge is 2.07. The van der Waals surface area contributed by atoms with E-state index >= 15 is 0 Å². The number of carbonyl (C=O) groups excluding carboxylic acids is 1. The molecule has 2 aromatic carbocycles. The van der Waals surface area contributed by atoms with E-state index in [1.165, 1.54) is 22.2 Å². The molecule has 0 fully saturated rings. The fraction of sp³-hybridized carbons (Fsp3) is 0.158. The fourth-order valence-electron chi connectivity index (χ4n) is 2.85. The smallest absolute Gasteiger partial charge is 0.321 e. The molecule has 0 aliphatic heterocycles. The molecule has 2 heterocycles. The van der Waals surface area contributed by atoms with Crippen LogP contribution in [-0.4, -0.2) is 22.1 Å². The lowest BCUT2D eigenvalue weighted by Crippen LogP contribution is -2.29. The zero-order valence-electron chi connectivity index (χ0n) is 13.6. The first-order valence-electron chi connectivity index (χ1n) is 8.24. The maximum absolute atomic E-state index is 12.0. The van der Waals surface area contributed by atoms with Crippen molar-refractivity contribution in [2.75, 3.05) is 11.9 Å². The van der Waals surface area contributed by atoms with Gasteiger partial charge in [0.15, 0.2) is 5.13 Å². The number of thiazole rings is 1. The summed E-state index contributed by atoms with van der Waals surface area (Å²) in [5.41, 5.74) is 2.13. The summed E-state index contributed by atoms with van der Waals surface area (Å²) in [6.45, 7) is 1.48. The molecule has 0 aliphatic carbocycles. The predicted molar refractivity (Wildman–Crippen MR) is 103 cm³/mol. The summed E-state index contributed by atoms with van der Waals surface area (Å²) in [5.74, 6) is 0. The van der Waals surface area contributed by atoms with Crippen LogP contribution in [0.25, 0.3) is 21.1 Å².